The second-order valence-corrected chi connectivity index (χ2v) is 6.12. The fourth-order valence-electron chi connectivity index (χ4n) is 3.51. The van der Waals surface area contributed by atoms with Gasteiger partial charge >= 0.3 is 0 Å². The molecule has 1 aliphatic carbocycles. The van der Waals surface area contributed by atoms with Crippen LogP contribution in [-0.4, -0.2) is 38.1 Å². The molecule has 100 valence electrons. The van der Waals surface area contributed by atoms with E-state index in [4.69, 9.17) is 0 Å². The molecule has 0 aromatic carbocycles. The van der Waals surface area contributed by atoms with E-state index in [0.717, 1.165) is 11.8 Å². The number of piperidine rings is 1. The first-order valence-corrected chi connectivity index (χ1v) is 7.75. The Kier molecular flexibility index (Phi) is 5.79. The van der Waals surface area contributed by atoms with Crippen molar-refractivity contribution in [2.75, 3.05) is 33.2 Å². The monoisotopic (exact) mass is 238 g/mol. The Morgan fingerprint density at radius 3 is 2.24 bits per heavy atom. The normalized spacial score (nSPS) is 24.5. The number of hydrogen-bond donors (Lipinski definition) is 1. The lowest BCUT2D eigenvalue weighted by Crippen LogP contribution is -2.35. The standard InChI is InChI=1S/C15H30N2/c1-16-10-6-15-8-12-17(13-9-15)11-7-14-4-2-3-5-14/h14-16H,2-13H2,1H3. The van der Waals surface area contributed by atoms with E-state index < -0.39 is 0 Å². The van der Waals surface area contributed by atoms with Crippen molar-refractivity contribution < 1.29 is 0 Å². The highest BCUT2D eigenvalue weighted by atomic mass is 15.1. The fourth-order valence-corrected chi connectivity index (χ4v) is 3.51. The van der Waals surface area contributed by atoms with Crippen LogP contribution in [0.15, 0.2) is 0 Å². The molecule has 1 saturated heterocycles. The van der Waals surface area contributed by atoms with Gasteiger partial charge in [-0.3, -0.25) is 0 Å². The Balaban J connectivity index is 1.55. The van der Waals surface area contributed by atoms with Crippen LogP contribution in [0.2, 0.25) is 0 Å². The molecule has 2 fully saturated rings. The molecule has 1 aliphatic heterocycles. The molecule has 1 heterocycles. The van der Waals surface area contributed by atoms with E-state index in [9.17, 15) is 0 Å². The fraction of sp³-hybridized carbons (Fsp3) is 1.00. The molecule has 1 N–H and O–H groups in total. The molecule has 0 bridgehead atoms. The van der Waals surface area contributed by atoms with E-state index in [2.05, 4.69) is 17.3 Å². The van der Waals surface area contributed by atoms with Gasteiger partial charge < -0.3 is 10.2 Å². The molecule has 2 heteroatoms. The predicted octanol–water partition coefficient (Wildman–Crippen LogP) is 2.89. The molecular weight excluding hydrogens is 208 g/mol. The van der Waals surface area contributed by atoms with Gasteiger partial charge in [0.2, 0.25) is 0 Å². The molecule has 2 rings (SSSR count). The third-order valence-corrected chi connectivity index (χ3v) is 4.84. The average molecular weight is 238 g/mol. The minimum Gasteiger partial charge on any atom is -0.320 e. The summed E-state index contributed by atoms with van der Waals surface area (Å²) in [5, 5.41) is 3.27. The Hall–Kier alpha value is -0.0800. The zero-order valence-corrected chi connectivity index (χ0v) is 11.6. The van der Waals surface area contributed by atoms with Crippen LogP contribution < -0.4 is 5.32 Å². The second kappa shape index (κ2) is 7.38. The summed E-state index contributed by atoms with van der Waals surface area (Å²) < 4.78 is 0. The molecule has 0 unspecified atom stereocenters. The van der Waals surface area contributed by atoms with Crippen LogP contribution in [0.1, 0.15) is 51.4 Å². The van der Waals surface area contributed by atoms with Crippen LogP contribution in [0.3, 0.4) is 0 Å². The predicted molar refractivity (Wildman–Crippen MR) is 74.3 cm³/mol. The topological polar surface area (TPSA) is 15.3 Å². The lowest BCUT2D eigenvalue weighted by molar-refractivity contribution is 0.169. The second-order valence-electron chi connectivity index (χ2n) is 6.12. The van der Waals surface area contributed by atoms with Crippen LogP contribution >= 0.6 is 0 Å². The summed E-state index contributed by atoms with van der Waals surface area (Å²) in [4.78, 5) is 2.72. The quantitative estimate of drug-likeness (QED) is 0.765. The van der Waals surface area contributed by atoms with Gasteiger partial charge in [-0.2, -0.15) is 0 Å². The Morgan fingerprint density at radius 1 is 0.941 bits per heavy atom. The highest BCUT2D eigenvalue weighted by Gasteiger charge is 2.20. The summed E-state index contributed by atoms with van der Waals surface area (Å²) in [7, 11) is 2.07. The zero-order chi connectivity index (χ0) is 11.9. The molecule has 1 saturated carbocycles. The van der Waals surface area contributed by atoms with Crippen LogP contribution in [0, 0.1) is 11.8 Å². The molecule has 0 radical (unpaired) electrons. The van der Waals surface area contributed by atoms with E-state index in [1.165, 1.54) is 77.5 Å². The minimum absolute atomic E-state index is 0.991. The van der Waals surface area contributed by atoms with Gasteiger partial charge in [0.1, 0.15) is 0 Å². The van der Waals surface area contributed by atoms with E-state index >= 15 is 0 Å². The first kappa shape index (κ1) is 13.4. The highest BCUT2D eigenvalue weighted by Crippen LogP contribution is 2.28. The summed E-state index contributed by atoms with van der Waals surface area (Å²) in [5.41, 5.74) is 0. The van der Waals surface area contributed by atoms with Crippen LogP contribution in [0.25, 0.3) is 0 Å². The molecule has 0 amide bonds. The van der Waals surface area contributed by atoms with Crippen molar-refractivity contribution in [2.45, 2.75) is 51.4 Å². The van der Waals surface area contributed by atoms with Crippen LogP contribution in [0.4, 0.5) is 0 Å². The Labute approximate surface area is 107 Å². The number of nitrogens with zero attached hydrogens (tertiary/aromatic N) is 1. The van der Waals surface area contributed by atoms with Gasteiger partial charge in [0.25, 0.3) is 0 Å². The van der Waals surface area contributed by atoms with Gasteiger partial charge in [-0.05, 0) is 70.7 Å². The van der Waals surface area contributed by atoms with Gasteiger partial charge in [0.05, 0.1) is 0 Å². The number of likely N-dealkylation sites (tertiary alicyclic amines) is 1. The van der Waals surface area contributed by atoms with Gasteiger partial charge in [0.15, 0.2) is 0 Å². The highest BCUT2D eigenvalue weighted by molar-refractivity contribution is 4.75. The third kappa shape index (κ3) is 4.59. The summed E-state index contributed by atoms with van der Waals surface area (Å²) >= 11 is 0. The molecule has 2 aliphatic rings. The van der Waals surface area contributed by atoms with Crippen molar-refractivity contribution >= 4 is 0 Å². The van der Waals surface area contributed by atoms with Gasteiger partial charge in [-0.15, -0.1) is 0 Å². The molecular formula is C15H30N2. The maximum Gasteiger partial charge on any atom is -0.00161 e. The summed E-state index contributed by atoms with van der Waals surface area (Å²) in [6, 6.07) is 0. The summed E-state index contributed by atoms with van der Waals surface area (Å²) in [6.07, 6.45) is 11.7. The van der Waals surface area contributed by atoms with Gasteiger partial charge in [-0.25, -0.2) is 0 Å². The van der Waals surface area contributed by atoms with Crippen molar-refractivity contribution in [3.8, 4) is 0 Å². The number of hydrogen-bond acceptors (Lipinski definition) is 2. The maximum atomic E-state index is 3.27. The van der Waals surface area contributed by atoms with Crippen LogP contribution in [-0.2, 0) is 0 Å². The maximum absolute atomic E-state index is 3.27. The van der Waals surface area contributed by atoms with E-state index in [-0.39, 0.29) is 0 Å². The van der Waals surface area contributed by atoms with Crippen molar-refractivity contribution in [1.82, 2.24) is 10.2 Å². The molecule has 0 aromatic heterocycles. The average Bonchev–Trinajstić information content (AvgIpc) is 2.88. The number of nitrogens with one attached hydrogen (secondary N) is 1. The molecule has 17 heavy (non-hydrogen) atoms. The van der Waals surface area contributed by atoms with Gasteiger partial charge in [-0.1, -0.05) is 25.7 Å². The van der Waals surface area contributed by atoms with E-state index in [1.54, 1.807) is 0 Å². The Bertz CT molecular complexity index is 191. The minimum atomic E-state index is 0.991. The van der Waals surface area contributed by atoms with Crippen molar-refractivity contribution in [3.05, 3.63) is 0 Å². The molecule has 2 nitrogen and oxygen atoms in total. The SMILES string of the molecule is CNCCC1CCN(CCC2CCCC2)CC1. The van der Waals surface area contributed by atoms with Crippen molar-refractivity contribution in [2.24, 2.45) is 11.8 Å². The molecule has 0 aromatic rings. The van der Waals surface area contributed by atoms with Gasteiger partial charge in [0, 0.05) is 0 Å². The first-order valence-electron chi connectivity index (χ1n) is 7.75. The molecule has 0 spiro atoms. The van der Waals surface area contributed by atoms with Crippen molar-refractivity contribution in [3.63, 3.8) is 0 Å². The third-order valence-electron chi connectivity index (χ3n) is 4.84. The summed E-state index contributed by atoms with van der Waals surface area (Å²) in [6.45, 7) is 5.30. The lowest BCUT2D eigenvalue weighted by Gasteiger charge is -2.32. The smallest absolute Gasteiger partial charge is 0.00161 e. The van der Waals surface area contributed by atoms with Crippen LogP contribution in [0.5, 0.6) is 0 Å². The summed E-state index contributed by atoms with van der Waals surface area (Å²) in [5.74, 6) is 2.06. The number of rotatable bonds is 6. The molecule has 0 atom stereocenters. The lowest BCUT2D eigenvalue weighted by atomic mass is 9.93. The van der Waals surface area contributed by atoms with E-state index in [0.29, 0.717) is 0 Å². The largest absolute Gasteiger partial charge is 0.320 e. The van der Waals surface area contributed by atoms with Crippen molar-refractivity contribution in [1.29, 1.82) is 0 Å². The zero-order valence-electron chi connectivity index (χ0n) is 11.6. The van der Waals surface area contributed by atoms with E-state index in [1.807, 2.05) is 0 Å². The first-order chi connectivity index (χ1) is 8.38. The Morgan fingerprint density at radius 2 is 1.59 bits per heavy atom.